The van der Waals surface area contributed by atoms with Crippen LogP contribution in [0.15, 0.2) is 48.1 Å². The van der Waals surface area contributed by atoms with E-state index in [0.29, 0.717) is 43.0 Å². The number of anilines is 1. The second-order valence-electron chi connectivity index (χ2n) is 21.6. The van der Waals surface area contributed by atoms with E-state index in [2.05, 4.69) is 17.6 Å². The summed E-state index contributed by atoms with van der Waals surface area (Å²) in [4.78, 5) is 98.9. The smallest absolute Gasteiger partial charge is 0.410 e. The predicted octanol–water partition coefficient (Wildman–Crippen LogP) is 7.05. The van der Waals surface area contributed by atoms with Crippen molar-refractivity contribution in [1.82, 2.24) is 25.3 Å². The number of thioether (sulfide) groups is 1. The summed E-state index contributed by atoms with van der Waals surface area (Å²) in [6.07, 6.45) is 7.75. The Morgan fingerprint density at radius 2 is 1.75 bits per heavy atom. The molecule has 0 aromatic heterocycles. The molecule has 1 aromatic carbocycles. The summed E-state index contributed by atoms with van der Waals surface area (Å²) in [7, 11) is 8.97. The summed E-state index contributed by atoms with van der Waals surface area (Å²) in [5, 5.41) is 17.5. The molecule has 0 spiro atoms. The van der Waals surface area contributed by atoms with Gasteiger partial charge in [0.1, 0.15) is 47.8 Å². The van der Waals surface area contributed by atoms with Crippen LogP contribution >= 0.6 is 23.4 Å². The number of hydrogen-bond donors (Lipinski definition) is 3. The molecule has 10 atom stereocenters. The van der Waals surface area contributed by atoms with Crippen LogP contribution in [0, 0.1) is 17.3 Å². The third-order valence-corrected chi connectivity index (χ3v) is 17.1. The van der Waals surface area contributed by atoms with Gasteiger partial charge in [0.05, 0.1) is 44.1 Å². The first-order valence-corrected chi connectivity index (χ1v) is 29.1. The highest BCUT2D eigenvalue weighted by Crippen LogP contribution is 2.61. The van der Waals surface area contributed by atoms with Gasteiger partial charge in [0.15, 0.2) is 5.72 Å². The number of carbonyl (C=O) groups excluding carboxylic acids is 7. The van der Waals surface area contributed by atoms with Crippen LogP contribution in [0.3, 0.4) is 0 Å². The number of fused-ring (bicyclic) bond motifs is 5. The third-order valence-electron chi connectivity index (χ3n) is 15.5. The van der Waals surface area contributed by atoms with E-state index in [1.165, 1.54) is 54.8 Å². The number of alkyl carbamates (subject to hydrolysis) is 1. The average molecular weight is 1160 g/mol. The van der Waals surface area contributed by atoms with Crippen molar-refractivity contribution in [1.29, 1.82) is 0 Å². The maximum atomic E-state index is 14.4. The number of likely N-dealkylation sites (N-methyl/N-ethyl adjacent to an activating group) is 3. The maximum absolute atomic E-state index is 14.4. The van der Waals surface area contributed by atoms with E-state index in [9.17, 15) is 38.7 Å². The minimum Gasteiger partial charge on any atom is -0.495 e. The Kier molecular flexibility index (Phi) is 24.9. The van der Waals surface area contributed by atoms with Gasteiger partial charge in [0.2, 0.25) is 17.7 Å². The predicted molar refractivity (Wildman–Crippen MR) is 303 cm³/mol. The lowest BCUT2D eigenvalue weighted by molar-refractivity contribution is -0.163. The van der Waals surface area contributed by atoms with Crippen molar-refractivity contribution in [3.05, 3.63) is 58.7 Å². The van der Waals surface area contributed by atoms with Crippen molar-refractivity contribution in [2.75, 3.05) is 91.7 Å². The topological polar surface area (TPSA) is 241 Å². The molecule has 2 fully saturated rings. The zero-order valence-electron chi connectivity index (χ0n) is 48.4. The van der Waals surface area contributed by atoms with Crippen LogP contribution in [-0.4, -0.2) is 191 Å². The van der Waals surface area contributed by atoms with Crippen LogP contribution in [0.2, 0.25) is 5.02 Å². The first-order valence-electron chi connectivity index (χ1n) is 27.6. The Labute approximate surface area is 480 Å². The number of hydrogen-bond acceptors (Lipinski definition) is 16. The lowest BCUT2D eigenvalue weighted by atomic mass is 9.83. The van der Waals surface area contributed by atoms with Crippen molar-refractivity contribution in [3.63, 3.8) is 0 Å². The number of halogens is 1. The van der Waals surface area contributed by atoms with Crippen molar-refractivity contribution in [3.8, 4) is 5.75 Å². The third kappa shape index (κ3) is 18.0. The number of nitrogens with one attached hydrogen (secondary N) is 2. The first-order chi connectivity index (χ1) is 38.0. The number of ether oxygens (including phenoxy) is 7. The van der Waals surface area contributed by atoms with Gasteiger partial charge in [-0.25, -0.2) is 19.2 Å². The molecular formula is C57H85ClN6O15S. The van der Waals surface area contributed by atoms with Crippen LogP contribution in [0.4, 0.5) is 20.1 Å². The average Bonchev–Trinajstić information content (AvgIpc) is 4.32. The summed E-state index contributed by atoms with van der Waals surface area (Å²) in [5.41, 5.74) is -0.597. The van der Waals surface area contributed by atoms with Crippen molar-refractivity contribution >= 4 is 71.0 Å². The van der Waals surface area contributed by atoms with Crippen LogP contribution < -0.4 is 20.3 Å². The molecule has 3 N–H and O–H groups in total. The fourth-order valence-electron chi connectivity index (χ4n) is 10.2. The molecular weight excluding hydrogens is 1080 g/mol. The lowest BCUT2D eigenvalue weighted by Gasteiger charge is -2.42. The Hall–Kier alpha value is -5.55. The van der Waals surface area contributed by atoms with E-state index in [4.69, 9.17) is 44.8 Å². The molecule has 6 amide bonds. The van der Waals surface area contributed by atoms with E-state index < -0.39 is 89.7 Å². The number of amides is 6. The maximum Gasteiger partial charge on any atom is 0.410 e. The number of methoxy groups -OCH3 is 2. The molecule has 2 aliphatic carbocycles. The van der Waals surface area contributed by atoms with Crippen LogP contribution in [0.25, 0.3) is 0 Å². The Morgan fingerprint density at radius 3 is 2.45 bits per heavy atom. The summed E-state index contributed by atoms with van der Waals surface area (Å²) < 4.78 is 40.8. The number of benzene rings is 1. The van der Waals surface area contributed by atoms with Gasteiger partial charge in [-0.1, -0.05) is 68.7 Å². The molecule has 1 aromatic rings. The number of nitrogens with zero attached hydrogens (tertiary/aromatic N) is 4. The van der Waals surface area contributed by atoms with Crippen LogP contribution in [0.5, 0.6) is 5.75 Å². The van der Waals surface area contributed by atoms with E-state index in [-0.39, 0.29) is 62.4 Å². The van der Waals surface area contributed by atoms with E-state index in [1.807, 2.05) is 39.0 Å². The lowest BCUT2D eigenvalue weighted by Crippen LogP contribution is -2.63. The number of carbonyl (C=O) groups is 7. The highest BCUT2D eigenvalue weighted by atomic mass is 35.5. The molecule has 4 aliphatic rings. The van der Waals surface area contributed by atoms with Crippen LogP contribution in [0.1, 0.15) is 98.0 Å². The Balaban J connectivity index is 1.19. The van der Waals surface area contributed by atoms with Gasteiger partial charge in [-0.3, -0.25) is 19.7 Å². The fourth-order valence-corrected chi connectivity index (χ4v) is 11.2. The van der Waals surface area contributed by atoms with Gasteiger partial charge >= 0.3 is 24.2 Å². The summed E-state index contributed by atoms with van der Waals surface area (Å²) in [6, 6.07) is 2.43. The number of aliphatic hydroxyl groups is 1. The minimum absolute atomic E-state index is 0.0298. The highest BCUT2D eigenvalue weighted by Gasteiger charge is 2.62. The van der Waals surface area contributed by atoms with Gasteiger partial charge in [0.25, 0.3) is 0 Å². The van der Waals surface area contributed by atoms with Crippen LogP contribution in [-0.2, 0) is 54.0 Å². The molecule has 4 bridgehead atoms. The monoisotopic (exact) mass is 1160 g/mol. The zero-order chi connectivity index (χ0) is 58.9. The quantitative estimate of drug-likeness (QED) is 0.0513. The molecule has 0 radical (unpaired) electrons. The Bertz CT molecular complexity index is 2430. The summed E-state index contributed by atoms with van der Waals surface area (Å²) >= 11 is 8.43. The van der Waals surface area contributed by atoms with Gasteiger partial charge < -0.3 is 63.2 Å². The normalized spacial score (nSPS) is 27.8. The highest BCUT2D eigenvalue weighted by molar-refractivity contribution is 7.99. The van der Waals surface area contributed by atoms with Crippen molar-refractivity contribution < 1.29 is 71.8 Å². The van der Waals surface area contributed by atoms with E-state index in [0.717, 1.165) is 42.6 Å². The minimum atomic E-state index is -1.84. The van der Waals surface area contributed by atoms with Gasteiger partial charge in [-0.05, 0) is 93.7 Å². The van der Waals surface area contributed by atoms with Gasteiger partial charge in [-0.15, -0.1) is 0 Å². The standard InChI is InChI=1S/C57H85ClN6O15S/c1-12-28-80-35-48(65)59-23-27-75-42-19-15-13-14-16-20-43(42)78-55(71)62(7)25-24-61(6)54(70)76-26-22-49(66)63(8)38(4)52(68)79-47-32-50(67)64(9)41-30-39(31-44(73-10)51(41)58)29-36(2)18-17-21-46(74-11)57(72)34-45(77-53(69)60-57)37(3)40-33-56(40,47)5/h16-18,20-21,30-31,37-38,40,42-43,45-47,72H,12-15,19,22-29,32-35H2,1-11H3,(H,59,65)(H,60,69)/b20-16+,21-17+,36-18+/t37-,38-,40-,42?,43?,45-,46+,47-,56+,57-/m0/s1. The fraction of sp³-hybridized carbons (Fsp3) is 0.667. The van der Waals surface area contributed by atoms with E-state index >= 15 is 0 Å². The van der Waals surface area contributed by atoms with Crippen molar-refractivity contribution in [2.24, 2.45) is 17.3 Å². The second kappa shape index (κ2) is 30.5. The number of esters is 1. The molecule has 21 nitrogen and oxygen atoms in total. The Morgan fingerprint density at radius 1 is 1.02 bits per heavy atom. The second-order valence-corrected chi connectivity index (χ2v) is 23.1. The largest absolute Gasteiger partial charge is 0.495 e. The number of rotatable bonds is 20. The molecule has 80 heavy (non-hydrogen) atoms. The van der Waals surface area contributed by atoms with Crippen molar-refractivity contribution in [2.45, 2.75) is 141 Å². The first kappa shape index (κ1) is 65.3. The molecule has 23 heteroatoms. The SMILES string of the molecule is CCCSCC(=O)NCCOC1CCCC/C=C/C1OC(=O)N(C)CCN(C)C(=O)OCCC(=O)N(C)[C@@H](C)C(=O)O[C@H]1CC(=O)N(C)c2cc(cc(OC)c2Cl)C/C(C)=C/C=C/[C@@H](OC)[C@@]2(O)C[C@H](OC(=O)N2)[C@@H](C)[C@@H]2C[C@@]12C. The zero-order valence-corrected chi connectivity index (χ0v) is 50.0. The van der Waals surface area contributed by atoms with E-state index in [1.54, 1.807) is 50.1 Å². The molecule has 2 unspecified atom stereocenters. The molecule has 1 saturated carbocycles. The number of allylic oxidation sites excluding steroid dienone is 4. The molecule has 1 saturated heterocycles. The molecule has 2 heterocycles. The van der Waals surface area contributed by atoms with Gasteiger partial charge in [0, 0.05) is 66.8 Å². The van der Waals surface area contributed by atoms with Gasteiger partial charge in [-0.2, -0.15) is 11.8 Å². The molecule has 2 aliphatic heterocycles. The molecule has 5 rings (SSSR count). The summed E-state index contributed by atoms with van der Waals surface area (Å²) in [6.45, 7) is 9.73. The molecule has 446 valence electrons. The summed E-state index contributed by atoms with van der Waals surface area (Å²) in [5.74, 6) is -0.780.